The summed E-state index contributed by atoms with van der Waals surface area (Å²) in [5.41, 5.74) is 0.322. The molecule has 1 amide bonds. The van der Waals surface area contributed by atoms with E-state index < -0.39 is 17.8 Å². The van der Waals surface area contributed by atoms with E-state index in [1.807, 2.05) is 0 Å². The van der Waals surface area contributed by atoms with E-state index in [-0.39, 0.29) is 12.5 Å². The standard InChI is InChI=1S/C15H20F2N2O/c1-3-10(4-2)9-19-14(20)8-18-15(19)12-6-5-11(16)7-13(12)17/h5-7,10,15,18H,3-4,8-9H2,1-2H3. The van der Waals surface area contributed by atoms with Crippen molar-refractivity contribution in [3.63, 3.8) is 0 Å². The minimum absolute atomic E-state index is 0.0365. The van der Waals surface area contributed by atoms with Crippen LogP contribution in [-0.4, -0.2) is 23.9 Å². The van der Waals surface area contributed by atoms with Crippen LogP contribution in [0.3, 0.4) is 0 Å². The van der Waals surface area contributed by atoms with Gasteiger partial charge in [0.05, 0.1) is 6.54 Å². The molecule has 110 valence electrons. The van der Waals surface area contributed by atoms with Gasteiger partial charge in [-0.3, -0.25) is 10.1 Å². The SMILES string of the molecule is CCC(CC)CN1C(=O)CNC1c1ccc(F)cc1F. The van der Waals surface area contributed by atoms with E-state index in [0.29, 0.717) is 18.0 Å². The Morgan fingerprint density at radius 2 is 2.05 bits per heavy atom. The molecule has 1 fully saturated rings. The third-order valence-electron chi connectivity index (χ3n) is 3.95. The third-order valence-corrected chi connectivity index (χ3v) is 3.95. The predicted molar refractivity (Wildman–Crippen MR) is 72.9 cm³/mol. The first-order valence-electron chi connectivity index (χ1n) is 7.04. The van der Waals surface area contributed by atoms with Crippen molar-refractivity contribution in [3.8, 4) is 0 Å². The molecule has 1 atom stereocenters. The Morgan fingerprint density at radius 3 is 2.65 bits per heavy atom. The summed E-state index contributed by atoms with van der Waals surface area (Å²) in [5.74, 6) is -0.871. The minimum atomic E-state index is -0.619. The second-order valence-electron chi connectivity index (χ2n) is 5.18. The minimum Gasteiger partial charge on any atom is -0.321 e. The molecule has 1 unspecified atom stereocenters. The van der Waals surface area contributed by atoms with E-state index >= 15 is 0 Å². The van der Waals surface area contributed by atoms with Crippen molar-refractivity contribution in [2.24, 2.45) is 5.92 Å². The van der Waals surface area contributed by atoms with Gasteiger partial charge in [0.1, 0.15) is 17.8 Å². The summed E-state index contributed by atoms with van der Waals surface area (Å²) in [6, 6.07) is 3.48. The van der Waals surface area contributed by atoms with Crippen LogP contribution in [-0.2, 0) is 4.79 Å². The summed E-state index contributed by atoms with van der Waals surface area (Å²) in [4.78, 5) is 13.6. The zero-order chi connectivity index (χ0) is 14.7. The Labute approximate surface area is 118 Å². The van der Waals surface area contributed by atoms with Crippen LogP contribution in [0.4, 0.5) is 8.78 Å². The summed E-state index contributed by atoms with van der Waals surface area (Å²) in [7, 11) is 0. The summed E-state index contributed by atoms with van der Waals surface area (Å²) in [6.07, 6.45) is 1.45. The lowest BCUT2D eigenvalue weighted by Gasteiger charge is -2.28. The second-order valence-corrected chi connectivity index (χ2v) is 5.18. The molecular formula is C15H20F2N2O. The zero-order valence-corrected chi connectivity index (χ0v) is 11.8. The Balaban J connectivity index is 2.23. The molecule has 20 heavy (non-hydrogen) atoms. The molecule has 1 N–H and O–H groups in total. The first-order chi connectivity index (χ1) is 9.56. The van der Waals surface area contributed by atoms with Crippen LogP contribution in [0.25, 0.3) is 0 Å². The first-order valence-corrected chi connectivity index (χ1v) is 7.04. The van der Waals surface area contributed by atoms with Gasteiger partial charge in [0, 0.05) is 18.2 Å². The molecule has 1 heterocycles. The van der Waals surface area contributed by atoms with Crippen LogP contribution in [0.5, 0.6) is 0 Å². The molecule has 0 aliphatic carbocycles. The number of amides is 1. The average molecular weight is 282 g/mol. The number of hydrogen-bond acceptors (Lipinski definition) is 2. The first kappa shape index (κ1) is 14.9. The molecule has 0 spiro atoms. The highest BCUT2D eigenvalue weighted by atomic mass is 19.1. The van der Waals surface area contributed by atoms with Crippen LogP contribution in [0, 0.1) is 17.6 Å². The number of benzene rings is 1. The van der Waals surface area contributed by atoms with Gasteiger partial charge in [-0.15, -0.1) is 0 Å². The number of rotatable bonds is 5. The summed E-state index contributed by atoms with van der Waals surface area (Å²) >= 11 is 0. The van der Waals surface area contributed by atoms with Crippen molar-refractivity contribution in [1.29, 1.82) is 0 Å². The molecule has 0 radical (unpaired) electrons. The van der Waals surface area contributed by atoms with Crippen LogP contribution in [0.15, 0.2) is 18.2 Å². The van der Waals surface area contributed by atoms with Crippen molar-refractivity contribution >= 4 is 5.91 Å². The fourth-order valence-corrected chi connectivity index (χ4v) is 2.57. The highest BCUT2D eigenvalue weighted by Crippen LogP contribution is 2.27. The van der Waals surface area contributed by atoms with Crippen LogP contribution in [0.2, 0.25) is 0 Å². The molecule has 1 aliphatic rings. The van der Waals surface area contributed by atoms with Crippen LogP contribution < -0.4 is 5.32 Å². The van der Waals surface area contributed by atoms with Gasteiger partial charge in [0.2, 0.25) is 5.91 Å². The fraction of sp³-hybridized carbons (Fsp3) is 0.533. The summed E-state index contributed by atoms with van der Waals surface area (Å²) in [5, 5.41) is 3.00. The van der Waals surface area contributed by atoms with Crippen molar-refractivity contribution in [3.05, 3.63) is 35.4 Å². The predicted octanol–water partition coefficient (Wildman–Crippen LogP) is 2.83. The van der Waals surface area contributed by atoms with Gasteiger partial charge < -0.3 is 4.90 Å². The van der Waals surface area contributed by atoms with Gasteiger partial charge in [-0.2, -0.15) is 0 Å². The summed E-state index contributed by atoms with van der Waals surface area (Å²) < 4.78 is 26.9. The van der Waals surface area contributed by atoms with E-state index in [4.69, 9.17) is 0 Å². The third kappa shape index (κ3) is 2.98. The lowest BCUT2D eigenvalue weighted by Crippen LogP contribution is -2.35. The van der Waals surface area contributed by atoms with Crippen molar-refractivity contribution in [2.45, 2.75) is 32.9 Å². The van der Waals surface area contributed by atoms with Gasteiger partial charge >= 0.3 is 0 Å². The monoisotopic (exact) mass is 282 g/mol. The molecular weight excluding hydrogens is 262 g/mol. The van der Waals surface area contributed by atoms with E-state index in [1.54, 1.807) is 4.90 Å². The lowest BCUT2D eigenvalue weighted by molar-refractivity contribution is -0.128. The molecule has 1 saturated heterocycles. The Morgan fingerprint density at radius 1 is 1.35 bits per heavy atom. The molecule has 0 bridgehead atoms. The normalized spacial score (nSPS) is 19.1. The Bertz CT molecular complexity index is 489. The molecule has 1 aromatic carbocycles. The maximum absolute atomic E-state index is 13.9. The average Bonchev–Trinajstić information content (AvgIpc) is 2.77. The van der Waals surface area contributed by atoms with Crippen molar-refractivity contribution in [1.82, 2.24) is 10.2 Å². The van der Waals surface area contributed by atoms with Crippen molar-refractivity contribution < 1.29 is 13.6 Å². The largest absolute Gasteiger partial charge is 0.321 e. The fourth-order valence-electron chi connectivity index (χ4n) is 2.57. The molecule has 5 heteroatoms. The van der Waals surface area contributed by atoms with Crippen molar-refractivity contribution in [2.75, 3.05) is 13.1 Å². The molecule has 3 nitrogen and oxygen atoms in total. The smallest absolute Gasteiger partial charge is 0.238 e. The van der Waals surface area contributed by atoms with E-state index in [0.717, 1.165) is 18.9 Å². The molecule has 2 rings (SSSR count). The van der Waals surface area contributed by atoms with E-state index in [9.17, 15) is 13.6 Å². The highest BCUT2D eigenvalue weighted by molar-refractivity contribution is 5.81. The molecule has 0 aromatic heterocycles. The van der Waals surface area contributed by atoms with Gasteiger partial charge in [-0.1, -0.05) is 26.7 Å². The number of carbonyl (C=O) groups is 1. The summed E-state index contributed by atoms with van der Waals surface area (Å²) in [6.45, 7) is 4.95. The second kappa shape index (κ2) is 6.31. The highest BCUT2D eigenvalue weighted by Gasteiger charge is 2.34. The maximum Gasteiger partial charge on any atom is 0.238 e. The Kier molecular flexibility index (Phi) is 4.70. The molecule has 0 saturated carbocycles. The van der Waals surface area contributed by atoms with Gasteiger partial charge in [0.25, 0.3) is 0 Å². The lowest BCUT2D eigenvalue weighted by atomic mass is 10.0. The van der Waals surface area contributed by atoms with E-state index in [2.05, 4.69) is 19.2 Å². The number of halogens is 2. The van der Waals surface area contributed by atoms with Gasteiger partial charge in [0.15, 0.2) is 0 Å². The van der Waals surface area contributed by atoms with E-state index in [1.165, 1.54) is 12.1 Å². The topological polar surface area (TPSA) is 32.3 Å². The number of carbonyl (C=O) groups excluding carboxylic acids is 1. The number of nitrogens with zero attached hydrogens (tertiary/aromatic N) is 1. The van der Waals surface area contributed by atoms with Gasteiger partial charge in [-0.05, 0) is 18.1 Å². The van der Waals surface area contributed by atoms with Gasteiger partial charge in [-0.25, -0.2) is 8.78 Å². The zero-order valence-electron chi connectivity index (χ0n) is 11.8. The number of nitrogens with one attached hydrogen (secondary N) is 1. The number of hydrogen-bond donors (Lipinski definition) is 1. The van der Waals surface area contributed by atoms with Crippen LogP contribution >= 0.6 is 0 Å². The molecule has 1 aromatic rings. The quantitative estimate of drug-likeness (QED) is 0.900. The van der Waals surface area contributed by atoms with Crippen LogP contribution in [0.1, 0.15) is 38.4 Å². The molecule has 1 aliphatic heterocycles. The maximum atomic E-state index is 13.9. The Hall–Kier alpha value is -1.49.